The molecule has 0 aromatic heterocycles. The molecule has 23 heavy (non-hydrogen) atoms. The molecule has 0 fully saturated rings. The van der Waals surface area contributed by atoms with Crippen LogP contribution in [0.5, 0.6) is 0 Å². The molecule has 0 atom stereocenters. The molecule has 3 heteroatoms. The van der Waals surface area contributed by atoms with Crippen molar-refractivity contribution < 1.29 is 14.7 Å². The van der Waals surface area contributed by atoms with Crippen molar-refractivity contribution in [2.45, 2.75) is 64.7 Å². The number of hydrogen-bond donors (Lipinski definition) is 1. The van der Waals surface area contributed by atoms with Crippen LogP contribution in [0.25, 0.3) is 0 Å². The summed E-state index contributed by atoms with van der Waals surface area (Å²) < 4.78 is 0. The molecule has 0 aliphatic heterocycles. The lowest BCUT2D eigenvalue weighted by Gasteiger charge is -1.91. The van der Waals surface area contributed by atoms with Crippen molar-refractivity contribution in [2.24, 2.45) is 0 Å². The van der Waals surface area contributed by atoms with Gasteiger partial charge in [0.05, 0.1) is 0 Å². The number of hydrogen-bond acceptors (Lipinski definition) is 2. The first-order valence-corrected chi connectivity index (χ1v) is 8.54. The summed E-state index contributed by atoms with van der Waals surface area (Å²) >= 11 is 0. The number of aliphatic carboxylic acids is 1. The van der Waals surface area contributed by atoms with Crippen molar-refractivity contribution in [3.63, 3.8) is 0 Å². The first-order valence-electron chi connectivity index (χ1n) is 8.54. The molecule has 0 aliphatic carbocycles. The zero-order valence-electron chi connectivity index (χ0n) is 14.2. The van der Waals surface area contributed by atoms with E-state index in [2.05, 4.69) is 13.0 Å². The summed E-state index contributed by atoms with van der Waals surface area (Å²) in [5.41, 5.74) is 0. The molecule has 0 saturated carbocycles. The Hall–Kier alpha value is -1.90. The third-order valence-corrected chi connectivity index (χ3v) is 3.19. The highest BCUT2D eigenvalue weighted by molar-refractivity contribution is 5.90. The Kier molecular flexibility index (Phi) is 15.1. The maximum atomic E-state index is 11.6. The van der Waals surface area contributed by atoms with E-state index in [0.717, 1.165) is 19.3 Å². The van der Waals surface area contributed by atoms with Gasteiger partial charge in [-0.1, -0.05) is 62.3 Å². The number of carbonyl (C=O) groups is 2. The Bertz CT molecular complexity index is 428. The molecule has 0 unspecified atom stereocenters. The van der Waals surface area contributed by atoms with Gasteiger partial charge in [0.25, 0.3) is 0 Å². The summed E-state index contributed by atoms with van der Waals surface area (Å²) in [6.07, 6.45) is 22.9. The minimum absolute atomic E-state index is 0.116. The van der Waals surface area contributed by atoms with Crippen molar-refractivity contribution in [2.75, 3.05) is 0 Å². The van der Waals surface area contributed by atoms with Crippen LogP contribution in [0.4, 0.5) is 0 Å². The van der Waals surface area contributed by atoms with E-state index in [1.807, 2.05) is 30.4 Å². The van der Waals surface area contributed by atoms with Crippen molar-refractivity contribution in [1.82, 2.24) is 0 Å². The minimum atomic E-state index is -0.746. The summed E-state index contributed by atoms with van der Waals surface area (Å²) in [6.45, 7) is 2.18. The van der Waals surface area contributed by atoms with Crippen LogP contribution >= 0.6 is 0 Å². The number of unbranched alkanes of at least 4 members (excludes halogenated alkanes) is 4. The van der Waals surface area contributed by atoms with E-state index in [1.165, 1.54) is 19.3 Å². The molecule has 0 rings (SSSR count). The second kappa shape index (κ2) is 16.5. The van der Waals surface area contributed by atoms with E-state index in [9.17, 15) is 9.59 Å². The predicted molar refractivity (Wildman–Crippen MR) is 96.4 cm³/mol. The van der Waals surface area contributed by atoms with Crippen molar-refractivity contribution in [3.8, 4) is 0 Å². The van der Waals surface area contributed by atoms with Gasteiger partial charge in [-0.15, -0.1) is 0 Å². The summed E-state index contributed by atoms with van der Waals surface area (Å²) in [5.74, 6) is -0.630. The SMILES string of the molecule is CCCCC/C=C\CC(=O)/C=C\C=C/C/C=C/CCCC(=O)O. The first-order chi connectivity index (χ1) is 11.2. The quantitative estimate of drug-likeness (QED) is 0.202. The van der Waals surface area contributed by atoms with Crippen molar-refractivity contribution in [1.29, 1.82) is 0 Å². The maximum Gasteiger partial charge on any atom is 0.303 e. The van der Waals surface area contributed by atoms with Gasteiger partial charge in [0, 0.05) is 12.8 Å². The molecule has 0 aromatic rings. The molecule has 0 bridgehead atoms. The third-order valence-electron chi connectivity index (χ3n) is 3.19. The van der Waals surface area contributed by atoms with Gasteiger partial charge in [0.2, 0.25) is 0 Å². The summed E-state index contributed by atoms with van der Waals surface area (Å²) in [5, 5.41) is 8.49. The van der Waals surface area contributed by atoms with E-state index in [4.69, 9.17) is 5.11 Å². The normalized spacial score (nSPS) is 12.2. The molecule has 0 heterocycles. The number of carboxylic acid groups (broad SMARTS) is 1. The monoisotopic (exact) mass is 318 g/mol. The molecular formula is C20H30O3. The van der Waals surface area contributed by atoms with Crippen molar-refractivity contribution >= 4 is 11.8 Å². The number of carbonyl (C=O) groups excluding carboxylic acids is 1. The van der Waals surface area contributed by atoms with Gasteiger partial charge >= 0.3 is 5.97 Å². The minimum Gasteiger partial charge on any atom is -0.481 e. The maximum absolute atomic E-state index is 11.6. The number of ketones is 1. The largest absolute Gasteiger partial charge is 0.481 e. The molecular weight excluding hydrogens is 288 g/mol. The highest BCUT2D eigenvalue weighted by atomic mass is 16.4. The number of carboxylic acids is 1. The molecule has 0 aliphatic rings. The summed E-state index contributed by atoms with van der Waals surface area (Å²) in [6, 6.07) is 0. The van der Waals surface area contributed by atoms with Gasteiger partial charge in [0.1, 0.15) is 0 Å². The molecule has 0 saturated heterocycles. The highest BCUT2D eigenvalue weighted by Crippen LogP contribution is 2.01. The Labute approximate surface area is 140 Å². The fourth-order valence-electron chi connectivity index (χ4n) is 1.88. The predicted octanol–water partition coefficient (Wildman–Crippen LogP) is 5.40. The Balaban J connectivity index is 3.64. The summed E-state index contributed by atoms with van der Waals surface area (Å²) in [4.78, 5) is 21.9. The molecule has 128 valence electrons. The number of rotatable bonds is 14. The van der Waals surface area contributed by atoms with Crippen LogP contribution in [0.3, 0.4) is 0 Å². The molecule has 1 N–H and O–H groups in total. The summed E-state index contributed by atoms with van der Waals surface area (Å²) in [7, 11) is 0. The Morgan fingerprint density at radius 1 is 0.870 bits per heavy atom. The Morgan fingerprint density at radius 3 is 2.35 bits per heavy atom. The second-order valence-corrected chi connectivity index (χ2v) is 5.42. The first kappa shape index (κ1) is 21.1. The second-order valence-electron chi connectivity index (χ2n) is 5.42. The smallest absolute Gasteiger partial charge is 0.303 e. The van der Waals surface area contributed by atoms with E-state index < -0.39 is 5.97 Å². The highest BCUT2D eigenvalue weighted by Gasteiger charge is 1.92. The fourth-order valence-corrected chi connectivity index (χ4v) is 1.88. The van der Waals surface area contributed by atoms with Crippen LogP contribution in [0.15, 0.2) is 48.6 Å². The molecule has 0 spiro atoms. The van der Waals surface area contributed by atoms with Crippen LogP contribution in [-0.4, -0.2) is 16.9 Å². The Morgan fingerprint density at radius 2 is 1.61 bits per heavy atom. The number of allylic oxidation sites excluding steroid dienone is 8. The standard InChI is InChI=1S/C20H30O3/c1-2-3-4-5-10-13-16-19(21)17-14-11-8-6-7-9-12-15-18-20(22)23/h7-11,13-14,17H,2-6,12,15-16,18H2,1H3,(H,22,23)/b9-7+,11-8-,13-10-,17-14-. The van der Waals surface area contributed by atoms with E-state index in [0.29, 0.717) is 12.8 Å². The third kappa shape index (κ3) is 18.1. The molecule has 0 amide bonds. The van der Waals surface area contributed by atoms with E-state index in [1.54, 1.807) is 12.2 Å². The zero-order chi connectivity index (χ0) is 17.2. The zero-order valence-corrected chi connectivity index (χ0v) is 14.2. The molecule has 3 nitrogen and oxygen atoms in total. The lowest BCUT2D eigenvalue weighted by Crippen LogP contribution is -1.92. The van der Waals surface area contributed by atoms with Gasteiger partial charge in [0.15, 0.2) is 5.78 Å². The van der Waals surface area contributed by atoms with Crippen LogP contribution < -0.4 is 0 Å². The molecule has 0 aromatic carbocycles. The van der Waals surface area contributed by atoms with Gasteiger partial charge in [-0.25, -0.2) is 0 Å². The van der Waals surface area contributed by atoms with Gasteiger partial charge in [-0.3, -0.25) is 9.59 Å². The fraction of sp³-hybridized carbons (Fsp3) is 0.500. The van der Waals surface area contributed by atoms with Crippen LogP contribution in [-0.2, 0) is 9.59 Å². The lowest BCUT2D eigenvalue weighted by molar-refractivity contribution is -0.137. The van der Waals surface area contributed by atoms with E-state index >= 15 is 0 Å². The van der Waals surface area contributed by atoms with Crippen LogP contribution in [0.2, 0.25) is 0 Å². The molecule has 0 radical (unpaired) electrons. The van der Waals surface area contributed by atoms with Crippen LogP contribution in [0, 0.1) is 0 Å². The average molecular weight is 318 g/mol. The average Bonchev–Trinajstić information content (AvgIpc) is 2.52. The van der Waals surface area contributed by atoms with Crippen molar-refractivity contribution in [3.05, 3.63) is 48.6 Å². The van der Waals surface area contributed by atoms with Gasteiger partial charge < -0.3 is 5.11 Å². The lowest BCUT2D eigenvalue weighted by atomic mass is 10.1. The van der Waals surface area contributed by atoms with E-state index in [-0.39, 0.29) is 12.2 Å². The van der Waals surface area contributed by atoms with Gasteiger partial charge in [-0.05, 0) is 38.2 Å². The topological polar surface area (TPSA) is 54.4 Å². The van der Waals surface area contributed by atoms with Gasteiger partial charge in [-0.2, -0.15) is 0 Å². The van der Waals surface area contributed by atoms with Crippen LogP contribution in [0.1, 0.15) is 64.7 Å².